The lowest BCUT2D eigenvalue weighted by molar-refractivity contribution is -0.148. The largest absolute Gasteiger partial charge is 0.494 e. The number of unbranched alkanes of at least 4 members (excludes halogenated alkanes) is 3. The first-order chi connectivity index (χ1) is 18.2. The van der Waals surface area contributed by atoms with Crippen molar-refractivity contribution in [3.8, 4) is 5.75 Å². The Morgan fingerprint density at radius 3 is 2.78 bits per heavy atom. The molecule has 3 amide bonds. The molecule has 198 valence electrons. The predicted octanol–water partition coefficient (Wildman–Crippen LogP) is 5.51. The molecule has 3 aliphatic heterocycles. The molecule has 0 unspecified atom stereocenters. The van der Waals surface area contributed by atoms with Gasteiger partial charge < -0.3 is 19.9 Å². The second-order valence-corrected chi connectivity index (χ2v) is 10.8. The zero-order valence-electron chi connectivity index (χ0n) is 22.2. The van der Waals surface area contributed by atoms with Gasteiger partial charge in [-0.2, -0.15) is 0 Å². The summed E-state index contributed by atoms with van der Waals surface area (Å²) in [6.07, 6.45) is 9.01. The summed E-state index contributed by atoms with van der Waals surface area (Å²) in [7, 11) is 0. The summed E-state index contributed by atoms with van der Waals surface area (Å²) < 4.78 is 6.04. The Morgan fingerprint density at radius 2 is 1.95 bits per heavy atom. The van der Waals surface area contributed by atoms with E-state index in [2.05, 4.69) is 47.5 Å². The molecule has 3 atom stereocenters. The molecule has 0 saturated carbocycles. The van der Waals surface area contributed by atoms with Crippen LogP contribution in [-0.2, 0) is 17.6 Å². The van der Waals surface area contributed by atoms with E-state index >= 15 is 0 Å². The van der Waals surface area contributed by atoms with Crippen molar-refractivity contribution in [2.24, 2.45) is 5.92 Å². The van der Waals surface area contributed by atoms with Crippen LogP contribution in [0, 0.1) is 5.92 Å². The van der Waals surface area contributed by atoms with Crippen LogP contribution in [-0.4, -0.2) is 54.0 Å². The number of rotatable bonds is 9. The van der Waals surface area contributed by atoms with Gasteiger partial charge in [0.05, 0.1) is 18.6 Å². The number of urea groups is 1. The van der Waals surface area contributed by atoms with E-state index in [-0.39, 0.29) is 29.9 Å². The first kappa shape index (κ1) is 25.6. The van der Waals surface area contributed by atoms with Gasteiger partial charge in [-0.25, -0.2) is 4.79 Å². The molecule has 5 rings (SSSR count). The van der Waals surface area contributed by atoms with Crippen LogP contribution in [0.4, 0.5) is 4.79 Å². The Morgan fingerprint density at radius 1 is 1.08 bits per heavy atom. The normalized spacial score (nSPS) is 22.6. The van der Waals surface area contributed by atoms with Crippen LogP contribution in [0.2, 0.25) is 0 Å². The highest BCUT2D eigenvalue weighted by Gasteiger charge is 2.48. The highest BCUT2D eigenvalue weighted by Crippen LogP contribution is 2.44. The number of ether oxygens (including phenoxy) is 1. The molecule has 1 N–H and O–H groups in total. The zero-order valence-corrected chi connectivity index (χ0v) is 22.2. The van der Waals surface area contributed by atoms with Crippen LogP contribution < -0.4 is 10.1 Å². The SMILES string of the molecule is CCCCCCOc1ccc2c(c1)CCN1C(=O)[C@H]3CCCN(C(=O)NCCc4ccccc4)[C@H]3C[C@@H]21. The van der Waals surface area contributed by atoms with E-state index in [1.54, 1.807) is 0 Å². The molecule has 2 saturated heterocycles. The number of hydrogen-bond acceptors (Lipinski definition) is 3. The molecule has 0 bridgehead atoms. The summed E-state index contributed by atoms with van der Waals surface area (Å²) in [5, 5.41) is 3.13. The minimum Gasteiger partial charge on any atom is -0.494 e. The number of nitrogens with zero attached hydrogens (tertiary/aromatic N) is 2. The molecule has 2 fully saturated rings. The van der Waals surface area contributed by atoms with Gasteiger partial charge in [-0.05, 0) is 67.3 Å². The maximum Gasteiger partial charge on any atom is 0.317 e. The van der Waals surface area contributed by atoms with Crippen molar-refractivity contribution in [1.29, 1.82) is 0 Å². The number of hydrogen-bond donors (Lipinski definition) is 1. The lowest BCUT2D eigenvalue weighted by Crippen LogP contribution is -2.61. The molecule has 3 aliphatic rings. The average molecular weight is 504 g/mol. The Hall–Kier alpha value is -3.02. The highest BCUT2D eigenvalue weighted by atomic mass is 16.5. The molecule has 0 aliphatic carbocycles. The fraction of sp³-hybridized carbons (Fsp3) is 0.548. The number of amides is 3. The maximum atomic E-state index is 13.6. The molecular weight excluding hydrogens is 462 g/mol. The Labute approximate surface area is 221 Å². The molecule has 37 heavy (non-hydrogen) atoms. The van der Waals surface area contributed by atoms with E-state index in [1.807, 2.05) is 23.1 Å². The number of carbonyl (C=O) groups is 2. The van der Waals surface area contributed by atoms with Crippen molar-refractivity contribution in [2.75, 3.05) is 26.2 Å². The van der Waals surface area contributed by atoms with Gasteiger partial charge in [-0.15, -0.1) is 0 Å². The second kappa shape index (κ2) is 12.0. The lowest BCUT2D eigenvalue weighted by atomic mass is 9.76. The average Bonchev–Trinajstić information content (AvgIpc) is 2.93. The van der Waals surface area contributed by atoms with E-state index in [9.17, 15) is 9.59 Å². The van der Waals surface area contributed by atoms with E-state index in [4.69, 9.17) is 4.74 Å². The van der Waals surface area contributed by atoms with Gasteiger partial charge >= 0.3 is 6.03 Å². The summed E-state index contributed by atoms with van der Waals surface area (Å²) in [6.45, 7) is 5.05. The zero-order chi connectivity index (χ0) is 25.6. The summed E-state index contributed by atoms with van der Waals surface area (Å²) in [6, 6.07) is 16.6. The Balaban J connectivity index is 1.24. The fourth-order valence-corrected chi connectivity index (χ4v) is 6.41. The Bertz CT molecular complexity index is 1070. The van der Waals surface area contributed by atoms with Crippen LogP contribution in [0.3, 0.4) is 0 Å². The molecule has 2 aromatic rings. The standard InChI is InChI=1S/C31H41N3O3/c1-2-3-4-8-20-37-25-13-14-26-24(21-25)16-19-33-28(26)22-29-27(30(33)35)12-9-18-34(29)31(36)32-17-15-23-10-6-5-7-11-23/h5-7,10-11,13-14,21,27-29H,2-4,8-9,12,15-20,22H2,1H3,(H,32,36)/t27-,28-,29-/m0/s1. The topological polar surface area (TPSA) is 61.9 Å². The third-order valence-electron chi connectivity index (χ3n) is 8.38. The molecule has 6 nitrogen and oxygen atoms in total. The van der Waals surface area contributed by atoms with Crippen LogP contribution in [0.1, 0.15) is 74.6 Å². The monoisotopic (exact) mass is 503 g/mol. The lowest BCUT2D eigenvalue weighted by Gasteiger charge is -2.51. The van der Waals surface area contributed by atoms with E-state index in [1.165, 1.54) is 36.0 Å². The second-order valence-electron chi connectivity index (χ2n) is 10.8. The van der Waals surface area contributed by atoms with Gasteiger partial charge in [0, 0.05) is 25.7 Å². The van der Waals surface area contributed by atoms with Crippen molar-refractivity contribution in [3.63, 3.8) is 0 Å². The van der Waals surface area contributed by atoms with Crippen LogP contribution in [0.5, 0.6) is 5.75 Å². The number of likely N-dealkylation sites (tertiary alicyclic amines) is 1. The summed E-state index contributed by atoms with van der Waals surface area (Å²) in [5.74, 6) is 1.07. The highest BCUT2D eigenvalue weighted by molar-refractivity contribution is 5.83. The van der Waals surface area contributed by atoms with E-state index in [0.29, 0.717) is 6.54 Å². The number of carbonyl (C=O) groups excluding carboxylic acids is 2. The minimum absolute atomic E-state index is 0.0327. The van der Waals surface area contributed by atoms with Gasteiger partial charge in [0.15, 0.2) is 0 Å². The third kappa shape index (κ3) is 5.78. The minimum atomic E-state index is -0.0860. The maximum absolute atomic E-state index is 13.6. The number of fused-ring (bicyclic) bond motifs is 4. The van der Waals surface area contributed by atoms with Gasteiger partial charge in [-0.1, -0.05) is 62.6 Å². The van der Waals surface area contributed by atoms with Crippen molar-refractivity contribution in [1.82, 2.24) is 15.1 Å². The molecule has 0 spiro atoms. The van der Waals surface area contributed by atoms with Crippen LogP contribution >= 0.6 is 0 Å². The van der Waals surface area contributed by atoms with Gasteiger partial charge in [0.25, 0.3) is 0 Å². The quantitative estimate of drug-likeness (QED) is 0.459. The molecule has 6 heteroatoms. The van der Waals surface area contributed by atoms with Crippen LogP contribution in [0.15, 0.2) is 48.5 Å². The predicted molar refractivity (Wildman–Crippen MR) is 146 cm³/mol. The molecule has 0 aromatic heterocycles. The van der Waals surface area contributed by atoms with E-state index < -0.39 is 0 Å². The molecule has 2 aromatic carbocycles. The van der Waals surface area contributed by atoms with Crippen molar-refractivity contribution in [2.45, 2.75) is 76.8 Å². The van der Waals surface area contributed by atoms with Crippen LogP contribution in [0.25, 0.3) is 0 Å². The third-order valence-corrected chi connectivity index (χ3v) is 8.38. The summed E-state index contributed by atoms with van der Waals surface area (Å²) in [5.41, 5.74) is 3.73. The van der Waals surface area contributed by atoms with Gasteiger partial charge in [0.2, 0.25) is 5.91 Å². The van der Waals surface area contributed by atoms with Crippen molar-refractivity contribution >= 4 is 11.9 Å². The van der Waals surface area contributed by atoms with Gasteiger partial charge in [0.1, 0.15) is 5.75 Å². The first-order valence-electron chi connectivity index (χ1n) is 14.3. The van der Waals surface area contributed by atoms with E-state index in [0.717, 1.165) is 64.0 Å². The van der Waals surface area contributed by atoms with Gasteiger partial charge in [-0.3, -0.25) is 4.79 Å². The molecule has 3 heterocycles. The summed E-state index contributed by atoms with van der Waals surface area (Å²) >= 11 is 0. The first-order valence-corrected chi connectivity index (χ1v) is 14.3. The number of piperidine rings is 2. The van der Waals surface area contributed by atoms with Crippen molar-refractivity contribution < 1.29 is 14.3 Å². The Kier molecular flexibility index (Phi) is 8.32. The summed E-state index contributed by atoms with van der Waals surface area (Å²) in [4.78, 5) is 30.9. The molecular formula is C31H41N3O3. The number of benzene rings is 2. The smallest absolute Gasteiger partial charge is 0.317 e. The fourth-order valence-electron chi connectivity index (χ4n) is 6.41. The molecule has 0 radical (unpaired) electrons. The van der Waals surface area contributed by atoms with Crippen molar-refractivity contribution in [3.05, 3.63) is 65.2 Å². The number of nitrogens with one attached hydrogen (secondary N) is 1.